The summed E-state index contributed by atoms with van der Waals surface area (Å²) in [4.78, 5) is 0. The Morgan fingerprint density at radius 3 is 2.50 bits per heavy atom. The van der Waals surface area contributed by atoms with Gasteiger partial charge in [-0.15, -0.1) is 6.58 Å². The third kappa shape index (κ3) is 8.16. The molecular formula is C22H33NO. The van der Waals surface area contributed by atoms with E-state index >= 15 is 0 Å². The van der Waals surface area contributed by atoms with Gasteiger partial charge in [-0.3, -0.25) is 0 Å². The van der Waals surface area contributed by atoms with Crippen LogP contribution in [0.5, 0.6) is 5.75 Å². The highest BCUT2D eigenvalue weighted by Gasteiger charge is 2.14. The van der Waals surface area contributed by atoms with Crippen molar-refractivity contribution in [3.05, 3.63) is 60.2 Å². The average molecular weight is 328 g/mol. The molecule has 0 saturated heterocycles. The third-order valence-corrected chi connectivity index (χ3v) is 4.11. The van der Waals surface area contributed by atoms with Gasteiger partial charge in [-0.1, -0.05) is 48.9 Å². The van der Waals surface area contributed by atoms with Crippen LogP contribution in [-0.4, -0.2) is 13.2 Å². The number of allylic oxidation sites excluding steroid dienone is 4. The quantitative estimate of drug-likeness (QED) is 0.414. The fourth-order valence-corrected chi connectivity index (χ4v) is 2.32. The maximum atomic E-state index is 5.70. The lowest BCUT2D eigenvalue weighted by atomic mass is 9.84. The van der Waals surface area contributed by atoms with E-state index in [0.717, 1.165) is 44.6 Å². The fourth-order valence-electron chi connectivity index (χ4n) is 2.32. The summed E-state index contributed by atoms with van der Waals surface area (Å²) < 4.78 is 5.70. The molecule has 0 saturated carbocycles. The van der Waals surface area contributed by atoms with Crippen LogP contribution in [0.25, 0.3) is 6.08 Å². The van der Waals surface area contributed by atoms with Crippen molar-refractivity contribution >= 4 is 6.08 Å². The van der Waals surface area contributed by atoms with Gasteiger partial charge in [0.15, 0.2) is 0 Å². The summed E-state index contributed by atoms with van der Waals surface area (Å²) in [5.74, 6) is 0.916. The zero-order chi connectivity index (χ0) is 17.8. The number of hydrogen-bond acceptors (Lipinski definition) is 2. The van der Waals surface area contributed by atoms with Crippen LogP contribution in [0.1, 0.15) is 52.0 Å². The SMILES string of the molecule is C=C[C@@](C)(/C=C/c1ccc(OCCCCN)cc1)CCC=C(C)C. The van der Waals surface area contributed by atoms with E-state index in [2.05, 4.69) is 57.7 Å². The number of ether oxygens (including phenoxy) is 1. The lowest BCUT2D eigenvalue weighted by Crippen LogP contribution is -2.08. The number of nitrogens with two attached hydrogens (primary N) is 1. The normalized spacial score (nSPS) is 13.5. The van der Waals surface area contributed by atoms with Gasteiger partial charge in [0.25, 0.3) is 0 Å². The van der Waals surface area contributed by atoms with Crippen molar-refractivity contribution in [2.75, 3.05) is 13.2 Å². The molecule has 0 spiro atoms. The first-order valence-electron chi connectivity index (χ1n) is 8.88. The Hall–Kier alpha value is -1.80. The molecule has 2 N–H and O–H groups in total. The molecule has 0 aliphatic carbocycles. The summed E-state index contributed by atoms with van der Waals surface area (Å²) in [5.41, 5.74) is 8.04. The van der Waals surface area contributed by atoms with Gasteiger partial charge in [0, 0.05) is 5.41 Å². The van der Waals surface area contributed by atoms with Crippen LogP contribution < -0.4 is 10.5 Å². The van der Waals surface area contributed by atoms with Crippen LogP contribution in [0, 0.1) is 5.41 Å². The van der Waals surface area contributed by atoms with Gasteiger partial charge < -0.3 is 10.5 Å². The van der Waals surface area contributed by atoms with Crippen molar-refractivity contribution in [3.63, 3.8) is 0 Å². The van der Waals surface area contributed by atoms with E-state index in [4.69, 9.17) is 10.5 Å². The molecule has 0 aromatic heterocycles. The van der Waals surface area contributed by atoms with Gasteiger partial charge >= 0.3 is 0 Å². The Kier molecular flexibility index (Phi) is 9.18. The zero-order valence-electron chi connectivity index (χ0n) is 15.6. The lowest BCUT2D eigenvalue weighted by molar-refractivity contribution is 0.308. The van der Waals surface area contributed by atoms with Crippen molar-refractivity contribution in [2.45, 2.75) is 46.5 Å². The van der Waals surface area contributed by atoms with E-state index < -0.39 is 0 Å². The lowest BCUT2D eigenvalue weighted by Gasteiger charge is -2.20. The van der Waals surface area contributed by atoms with Crippen molar-refractivity contribution in [3.8, 4) is 5.75 Å². The predicted octanol–water partition coefficient (Wildman–Crippen LogP) is 5.76. The Labute approximate surface area is 148 Å². The summed E-state index contributed by atoms with van der Waals surface area (Å²) in [6, 6.07) is 8.23. The summed E-state index contributed by atoms with van der Waals surface area (Å²) in [6.07, 6.45) is 12.9. The number of rotatable bonds is 11. The largest absolute Gasteiger partial charge is 0.494 e. The van der Waals surface area contributed by atoms with Gasteiger partial charge in [-0.25, -0.2) is 0 Å². The maximum absolute atomic E-state index is 5.70. The summed E-state index contributed by atoms with van der Waals surface area (Å²) in [6.45, 7) is 12.0. The molecular weight excluding hydrogens is 294 g/mol. The first-order valence-corrected chi connectivity index (χ1v) is 8.88. The molecule has 1 aromatic carbocycles. The van der Waals surface area contributed by atoms with E-state index in [1.807, 2.05) is 18.2 Å². The van der Waals surface area contributed by atoms with E-state index in [-0.39, 0.29) is 5.41 Å². The van der Waals surface area contributed by atoms with E-state index in [1.165, 1.54) is 11.1 Å². The molecule has 132 valence electrons. The summed E-state index contributed by atoms with van der Waals surface area (Å²) in [7, 11) is 0. The molecule has 0 amide bonds. The number of hydrogen-bond donors (Lipinski definition) is 1. The minimum atomic E-state index is 0.0172. The minimum absolute atomic E-state index is 0.0172. The summed E-state index contributed by atoms with van der Waals surface area (Å²) in [5, 5.41) is 0. The maximum Gasteiger partial charge on any atom is 0.119 e. The Balaban J connectivity index is 2.58. The monoisotopic (exact) mass is 327 g/mol. The molecule has 24 heavy (non-hydrogen) atoms. The van der Waals surface area contributed by atoms with Gasteiger partial charge in [0.05, 0.1) is 6.61 Å². The van der Waals surface area contributed by atoms with Gasteiger partial charge in [0.2, 0.25) is 0 Å². The second-order valence-electron chi connectivity index (χ2n) is 6.78. The highest BCUT2D eigenvalue weighted by atomic mass is 16.5. The Morgan fingerprint density at radius 2 is 1.92 bits per heavy atom. The van der Waals surface area contributed by atoms with Gasteiger partial charge in [-0.2, -0.15) is 0 Å². The Bertz CT molecular complexity index is 538. The topological polar surface area (TPSA) is 35.2 Å². The number of unbranched alkanes of at least 4 members (excludes halogenated alkanes) is 1. The summed E-state index contributed by atoms with van der Waals surface area (Å²) >= 11 is 0. The molecule has 0 radical (unpaired) electrons. The molecule has 0 heterocycles. The van der Waals surface area contributed by atoms with Crippen LogP contribution in [0.4, 0.5) is 0 Å². The Morgan fingerprint density at radius 1 is 1.21 bits per heavy atom. The molecule has 0 aliphatic rings. The second kappa shape index (κ2) is 10.9. The second-order valence-corrected chi connectivity index (χ2v) is 6.78. The molecule has 0 bridgehead atoms. The zero-order valence-corrected chi connectivity index (χ0v) is 15.6. The highest BCUT2D eigenvalue weighted by molar-refractivity contribution is 5.52. The van der Waals surface area contributed by atoms with Crippen LogP contribution >= 0.6 is 0 Å². The molecule has 1 atom stereocenters. The van der Waals surface area contributed by atoms with Crippen LogP contribution in [0.3, 0.4) is 0 Å². The molecule has 0 fully saturated rings. The predicted molar refractivity (Wildman–Crippen MR) is 106 cm³/mol. The highest BCUT2D eigenvalue weighted by Crippen LogP contribution is 2.28. The fraction of sp³-hybridized carbons (Fsp3) is 0.455. The van der Waals surface area contributed by atoms with Crippen molar-refractivity contribution < 1.29 is 4.74 Å². The first kappa shape index (κ1) is 20.2. The minimum Gasteiger partial charge on any atom is -0.494 e. The van der Waals surface area contributed by atoms with E-state index in [1.54, 1.807) is 0 Å². The van der Waals surface area contributed by atoms with Crippen LogP contribution in [0.2, 0.25) is 0 Å². The van der Waals surface area contributed by atoms with E-state index in [0.29, 0.717) is 0 Å². The smallest absolute Gasteiger partial charge is 0.119 e. The molecule has 1 rings (SSSR count). The third-order valence-electron chi connectivity index (χ3n) is 4.11. The van der Waals surface area contributed by atoms with Crippen molar-refractivity contribution in [2.24, 2.45) is 11.1 Å². The van der Waals surface area contributed by atoms with E-state index in [9.17, 15) is 0 Å². The van der Waals surface area contributed by atoms with Crippen LogP contribution in [-0.2, 0) is 0 Å². The van der Waals surface area contributed by atoms with Gasteiger partial charge in [0.1, 0.15) is 5.75 Å². The molecule has 2 nitrogen and oxygen atoms in total. The average Bonchev–Trinajstić information content (AvgIpc) is 2.58. The molecule has 2 heteroatoms. The standard InChI is InChI=1S/C22H33NO/c1-5-22(4,15-8-9-19(2)3)16-14-20-10-12-21(13-11-20)24-18-7-6-17-23/h5,9-14,16H,1,6-8,15,17-18,23H2,2-4H3/b16-14+/t22-/m1/s1. The van der Waals surface area contributed by atoms with Gasteiger partial charge in [-0.05, 0) is 63.8 Å². The van der Waals surface area contributed by atoms with Crippen LogP contribution in [0.15, 0.2) is 54.6 Å². The molecule has 0 aliphatic heterocycles. The first-order chi connectivity index (χ1) is 11.5. The van der Waals surface area contributed by atoms with Crippen molar-refractivity contribution in [1.29, 1.82) is 0 Å². The molecule has 0 unspecified atom stereocenters. The molecule has 1 aromatic rings. The number of benzene rings is 1. The van der Waals surface area contributed by atoms with Crippen molar-refractivity contribution in [1.82, 2.24) is 0 Å².